The predicted molar refractivity (Wildman–Crippen MR) is 561 cm³/mol. The Morgan fingerprint density at radius 2 is 0.644 bits per heavy atom. The maximum Gasteiger partial charge on any atom is 0.235 e. The number of carbonyl (C=O) groups is 1. The predicted octanol–water partition coefficient (Wildman–Crippen LogP) is 32.4. The second kappa shape index (κ2) is 27.9. The van der Waals surface area contributed by atoms with Gasteiger partial charge in [0, 0.05) is 123 Å². The van der Waals surface area contributed by atoms with Crippen molar-refractivity contribution >= 4 is 168 Å². The fourth-order valence-corrected chi connectivity index (χ4v) is 25.8. The fraction of sp³-hybridized carbons (Fsp3) is 0.0960. The maximum atomic E-state index is 13.5. The summed E-state index contributed by atoms with van der Waals surface area (Å²) in [6.45, 7) is 18.7. The maximum absolute atomic E-state index is 13.5. The highest BCUT2D eigenvalue weighted by molar-refractivity contribution is 7.26. The third-order valence-electron chi connectivity index (χ3n) is 30.8. The zero-order valence-corrected chi connectivity index (χ0v) is 76.5. The molecule has 12 heterocycles. The monoisotopic (exact) mass is 1750 g/mol. The van der Waals surface area contributed by atoms with E-state index < -0.39 is 0 Å². The molecule has 0 radical (unpaired) electrons. The fourth-order valence-electron chi connectivity index (χ4n) is 24.5. The van der Waals surface area contributed by atoms with E-state index in [1.165, 1.54) is 185 Å². The zero-order valence-electron chi connectivity index (χ0n) is 75.7. The lowest BCUT2D eigenvalue weighted by Gasteiger charge is -2.34. The third-order valence-corrected chi connectivity index (χ3v) is 32.0. The second-order valence-electron chi connectivity index (χ2n) is 39.3. The minimum atomic E-state index is -0.110. The van der Waals surface area contributed by atoms with Crippen LogP contribution in [0.5, 0.6) is 0 Å². The molecule has 9 nitrogen and oxygen atoms in total. The number of thiophene rings is 1. The Kier molecular flexibility index (Phi) is 16.0. The van der Waals surface area contributed by atoms with Crippen LogP contribution in [0.4, 0.5) is 0 Å². The molecule has 135 heavy (non-hydrogen) atoms. The lowest BCUT2D eigenvalue weighted by atomic mass is 9.75. The van der Waals surface area contributed by atoms with E-state index in [0.717, 1.165) is 77.9 Å². The summed E-state index contributed by atoms with van der Waals surface area (Å²) in [6, 6.07) is 137. The van der Waals surface area contributed by atoms with E-state index in [1.54, 1.807) is 0 Å². The first-order valence-corrected chi connectivity index (χ1v) is 47.7. The quantitative estimate of drug-likeness (QED) is 0.177. The van der Waals surface area contributed by atoms with E-state index in [0.29, 0.717) is 5.95 Å². The van der Waals surface area contributed by atoms with E-state index in [-0.39, 0.29) is 27.4 Å². The topological polar surface area (TPSA) is 80.6 Å². The molecular weight excluding hydrogens is 1660 g/mol. The van der Waals surface area contributed by atoms with Crippen LogP contribution in [0.3, 0.4) is 0 Å². The number of nitrogens with zero attached hydrogens (tertiary/aromatic N) is 7. The molecule has 4 aliphatic heterocycles. The van der Waals surface area contributed by atoms with Crippen LogP contribution in [-0.4, -0.2) is 38.6 Å². The molecule has 0 atom stereocenters. The van der Waals surface area contributed by atoms with Crippen molar-refractivity contribution in [3.8, 4) is 62.3 Å². The molecule has 0 saturated carbocycles. The molecule has 8 aromatic heterocycles. The van der Waals surface area contributed by atoms with Gasteiger partial charge in [0.05, 0.1) is 94.7 Å². The SMILES string of the molecule is CC1(C)c2ccccc2-n2c3cc4c5ccccc5n(-c5nc(-c6ccccc6)cc(-c6ccccc6)n5)c4cc3c3cccc1c32.CC1(C)c2ccccc2-n2c3ccc4c(c3c3cccc1c32)C(=O)c1ccccc1-4.CC1(C)c2ccccc2-n2c3ccc4c5ccccc5oc4c3c3cccc1c32.CC1(C)c2ccccc2-n2c3ccc4c5ccccc5sc4c3c3cccc1c32. The zero-order chi connectivity index (χ0) is 90.1. The van der Waals surface area contributed by atoms with Gasteiger partial charge in [-0.1, -0.05) is 353 Å². The molecule has 5 aliphatic rings. The van der Waals surface area contributed by atoms with Gasteiger partial charge in [-0.25, -0.2) is 9.97 Å². The number of carbonyl (C=O) groups excluding carboxylic acids is 1. The largest absolute Gasteiger partial charge is 0.455 e. The first kappa shape index (κ1) is 77.5. The van der Waals surface area contributed by atoms with E-state index >= 15 is 0 Å². The molecule has 0 N–H and O–H groups in total. The van der Waals surface area contributed by atoms with Gasteiger partial charge in [-0.3, -0.25) is 9.36 Å². The Labute approximate surface area is 781 Å². The van der Waals surface area contributed by atoms with E-state index in [1.807, 2.05) is 47.7 Å². The van der Waals surface area contributed by atoms with E-state index in [9.17, 15) is 4.79 Å². The molecule has 0 saturated heterocycles. The summed E-state index contributed by atoms with van der Waals surface area (Å²) in [6.07, 6.45) is 0. The second-order valence-corrected chi connectivity index (χ2v) is 40.3. The summed E-state index contributed by atoms with van der Waals surface area (Å²) in [4.78, 5) is 24.0. The Morgan fingerprint density at radius 3 is 1.20 bits per heavy atom. The number of fused-ring (bicyclic) bond motifs is 35. The highest BCUT2D eigenvalue weighted by Crippen LogP contribution is 2.57. The summed E-state index contributed by atoms with van der Waals surface area (Å²) in [5.74, 6) is 0.804. The van der Waals surface area contributed by atoms with Crippen molar-refractivity contribution in [1.82, 2.24) is 32.8 Å². The Bertz CT molecular complexity index is 9430. The number of hydrogen-bond acceptors (Lipinski definition) is 5. The lowest BCUT2D eigenvalue weighted by molar-refractivity contribution is 0.104. The van der Waals surface area contributed by atoms with Crippen molar-refractivity contribution < 1.29 is 9.21 Å². The van der Waals surface area contributed by atoms with Gasteiger partial charge in [-0.2, -0.15) is 0 Å². The van der Waals surface area contributed by atoms with Gasteiger partial charge in [0.25, 0.3) is 0 Å². The summed E-state index contributed by atoms with van der Waals surface area (Å²) in [7, 11) is 0. The van der Waals surface area contributed by atoms with Gasteiger partial charge in [-0.15, -0.1) is 11.3 Å². The smallest absolute Gasteiger partial charge is 0.235 e. The molecule has 31 rings (SSSR count). The number of ketones is 1. The van der Waals surface area contributed by atoms with Crippen LogP contribution in [0, 0.1) is 0 Å². The number of benzene rings is 18. The van der Waals surface area contributed by atoms with Crippen LogP contribution >= 0.6 is 11.3 Å². The number of rotatable bonds is 3. The normalized spacial score (nSPS) is 14.5. The van der Waals surface area contributed by atoms with Crippen molar-refractivity contribution in [1.29, 1.82) is 0 Å². The molecule has 1 aliphatic carbocycles. The van der Waals surface area contributed by atoms with Crippen LogP contribution in [0.15, 0.2) is 387 Å². The molecule has 0 fully saturated rings. The number of furan rings is 1. The van der Waals surface area contributed by atoms with Gasteiger partial charge in [0.2, 0.25) is 5.95 Å². The first-order valence-electron chi connectivity index (χ1n) is 46.9. The van der Waals surface area contributed by atoms with E-state index in [4.69, 9.17) is 14.4 Å². The van der Waals surface area contributed by atoms with Gasteiger partial charge in [-0.05, 0) is 141 Å². The number of hydrogen-bond donors (Lipinski definition) is 0. The summed E-state index contributed by atoms with van der Waals surface area (Å²) < 4.78 is 21.3. The van der Waals surface area contributed by atoms with Crippen LogP contribution in [0.2, 0.25) is 0 Å². The first-order chi connectivity index (χ1) is 66.0. The highest BCUT2D eigenvalue weighted by Gasteiger charge is 2.42. The average Bonchev–Trinajstić information content (AvgIpc) is 1.53. The minimum absolute atomic E-state index is 0.0141. The molecular formula is C125H87N7O2S. The standard InChI is InChI=1S/C43H30N4.C28H19NO.C27H19NO.C27H19NS/c1-43(2)33-20-10-12-23-38(33)46-39-24-31-29-18-9-11-22-37(29)47(40(31)25-32(39)30-19-13-21-34(43)41(30)46)42-44-35(27-14-5-3-6-15-27)26-36(45-42)28-16-7-4-8-17-28;1-28(2)20-11-5-6-13-22(20)29-23-15-14-17-16-8-3-4-9-18(16)27(30)25(17)24(23)19-10-7-12-21(28)26(19)29;2*1-27(2)19-10-4-5-12-21(19)28-22-15-14-17-16-8-3-6-13-23(16)29-26(17)24(22)18-9-7-11-20(27)25(18)28/h3-26H,1-2H3;3-15H,1-2H3;2*3-15H,1-2H3. The Balaban J connectivity index is 0.0000000916. The molecule has 18 aromatic carbocycles. The van der Waals surface area contributed by atoms with Crippen LogP contribution < -0.4 is 0 Å². The molecule has 0 amide bonds. The molecule has 640 valence electrons. The average molecular weight is 1750 g/mol. The van der Waals surface area contributed by atoms with Crippen LogP contribution in [-0.2, 0) is 21.7 Å². The Hall–Kier alpha value is -16.3. The molecule has 10 heteroatoms. The third kappa shape index (κ3) is 10.5. The van der Waals surface area contributed by atoms with E-state index in [2.05, 4.69) is 424 Å². The minimum Gasteiger partial charge on any atom is -0.455 e. The lowest BCUT2D eigenvalue weighted by Crippen LogP contribution is -2.26. The molecule has 26 aromatic rings. The van der Waals surface area contributed by atoms with Crippen molar-refractivity contribution in [2.75, 3.05) is 0 Å². The number of para-hydroxylation sites is 10. The Morgan fingerprint density at radius 1 is 0.259 bits per heavy atom. The van der Waals surface area contributed by atoms with Crippen LogP contribution in [0.25, 0.3) is 213 Å². The summed E-state index contributed by atoms with van der Waals surface area (Å²) in [5, 5.41) is 17.5. The van der Waals surface area contributed by atoms with Gasteiger partial charge >= 0.3 is 0 Å². The molecule has 0 bridgehead atoms. The summed E-state index contributed by atoms with van der Waals surface area (Å²) in [5.41, 5.74) is 37.5. The molecule has 0 spiro atoms. The van der Waals surface area contributed by atoms with Gasteiger partial charge < -0.3 is 22.7 Å². The summed E-state index contributed by atoms with van der Waals surface area (Å²) >= 11 is 1.92. The van der Waals surface area contributed by atoms with Gasteiger partial charge in [0.1, 0.15) is 11.2 Å². The van der Waals surface area contributed by atoms with Crippen LogP contribution in [0.1, 0.15) is 116 Å². The van der Waals surface area contributed by atoms with Crippen molar-refractivity contribution in [2.45, 2.75) is 77.0 Å². The van der Waals surface area contributed by atoms with Crippen molar-refractivity contribution in [3.63, 3.8) is 0 Å². The number of aromatic nitrogens is 7. The van der Waals surface area contributed by atoms with Gasteiger partial charge in [0.15, 0.2) is 5.78 Å². The molecule has 0 unspecified atom stereocenters. The van der Waals surface area contributed by atoms with Crippen molar-refractivity contribution in [2.24, 2.45) is 0 Å². The van der Waals surface area contributed by atoms with Crippen molar-refractivity contribution in [3.05, 3.63) is 438 Å². The highest BCUT2D eigenvalue weighted by atomic mass is 32.1.